The van der Waals surface area contributed by atoms with Crippen LogP contribution in [0.2, 0.25) is 0 Å². The number of nitrogens with one attached hydrogen (secondary N) is 2. The van der Waals surface area contributed by atoms with Gasteiger partial charge in [-0.25, -0.2) is 0 Å². The van der Waals surface area contributed by atoms with Gasteiger partial charge in [-0.1, -0.05) is 0 Å². The summed E-state index contributed by atoms with van der Waals surface area (Å²) >= 11 is 0. The van der Waals surface area contributed by atoms with Crippen LogP contribution >= 0.6 is 0 Å². The fourth-order valence-corrected chi connectivity index (χ4v) is 2.98. The first-order valence-corrected chi connectivity index (χ1v) is 9.12. The lowest BCUT2D eigenvalue weighted by Crippen LogP contribution is -2.45. The molecular formula is C19H20F3N3O5. The highest BCUT2D eigenvalue weighted by Crippen LogP contribution is 2.24. The number of alkyl halides is 3. The zero-order chi connectivity index (χ0) is 21.6. The normalized spacial score (nSPS) is 16.0. The van der Waals surface area contributed by atoms with E-state index in [-0.39, 0.29) is 18.3 Å². The molecule has 162 valence electrons. The van der Waals surface area contributed by atoms with Gasteiger partial charge in [0.15, 0.2) is 0 Å². The van der Waals surface area contributed by atoms with Gasteiger partial charge in [0.1, 0.15) is 11.5 Å². The second-order valence-corrected chi connectivity index (χ2v) is 6.42. The third kappa shape index (κ3) is 6.22. The summed E-state index contributed by atoms with van der Waals surface area (Å²) in [5.41, 5.74) is 0.153. The Balaban J connectivity index is 1.54. The summed E-state index contributed by atoms with van der Waals surface area (Å²) in [6.07, 6.45) is -3.28. The number of ether oxygens (including phenoxy) is 2. The Morgan fingerprint density at radius 2 is 1.80 bits per heavy atom. The first-order valence-electron chi connectivity index (χ1n) is 9.12. The van der Waals surface area contributed by atoms with Crippen LogP contribution in [0.3, 0.4) is 0 Å². The standard InChI is InChI=1S/C19H20F3N3O5/c20-19(21,22)30-14-5-3-13(4-6-14)24-18(27)17(26)23-12-15(16-2-1-9-29-16)25-7-10-28-11-8-25/h1-6,9,15H,7-8,10-12H2,(H,23,26)(H,24,27). The number of benzene rings is 1. The quantitative estimate of drug-likeness (QED) is 0.688. The number of rotatable bonds is 6. The van der Waals surface area contributed by atoms with Crippen molar-refractivity contribution < 1.29 is 36.7 Å². The number of carbonyl (C=O) groups excluding carboxylic acids is 2. The van der Waals surface area contributed by atoms with Crippen molar-refractivity contribution in [2.24, 2.45) is 0 Å². The van der Waals surface area contributed by atoms with E-state index in [1.807, 2.05) is 0 Å². The lowest BCUT2D eigenvalue weighted by Gasteiger charge is -2.33. The molecule has 11 heteroatoms. The predicted octanol–water partition coefficient (Wildman–Crippen LogP) is 2.31. The Labute approximate surface area is 169 Å². The lowest BCUT2D eigenvalue weighted by molar-refractivity contribution is -0.274. The maximum absolute atomic E-state index is 12.2. The van der Waals surface area contributed by atoms with Crippen LogP contribution in [0.5, 0.6) is 5.75 Å². The highest BCUT2D eigenvalue weighted by Gasteiger charge is 2.31. The molecular weight excluding hydrogens is 407 g/mol. The molecule has 2 heterocycles. The second-order valence-electron chi connectivity index (χ2n) is 6.42. The largest absolute Gasteiger partial charge is 0.573 e. The van der Waals surface area contributed by atoms with E-state index in [0.29, 0.717) is 32.1 Å². The SMILES string of the molecule is O=C(NCC(c1ccco1)N1CCOCC1)C(=O)Nc1ccc(OC(F)(F)F)cc1. The summed E-state index contributed by atoms with van der Waals surface area (Å²) in [4.78, 5) is 26.4. The molecule has 1 aliphatic rings. The maximum atomic E-state index is 12.2. The first-order chi connectivity index (χ1) is 14.3. The zero-order valence-electron chi connectivity index (χ0n) is 15.8. The molecule has 2 amide bonds. The molecule has 0 saturated carbocycles. The fraction of sp³-hybridized carbons (Fsp3) is 0.368. The van der Waals surface area contributed by atoms with Crippen molar-refractivity contribution in [1.29, 1.82) is 0 Å². The first kappa shape index (κ1) is 21.7. The number of hydrogen-bond donors (Lipinski definition) is 2. The highest BCUT2D eigenvalue weighted by atomic mass is 19.4. The molecule has 3 rings (SSSR count). The van der Waals surface area contributed by atoms with Gasteiger partial charge in [0.05, 0.1) is 25.5 Å². The average Bonchev–Trinajstić information content (AvgIpc) is 3.23. The van der Waals surface area contributed by atoms with Crippen molar-refractivity contribution in [1.82, 2.24) is 10.2 Å². The Hall–Kier alpha value is -3.05. The van der Waals surface area contributed by atoms with Gasteiger partial charge in [-0.2, -0.15) is 0 Å². The number of anilines is 1. The number of carbonyl (C=O) groups is 2. The molecule has 30 heavy (non-hydrogen) atoms. The van der Waals surface area contributed by atoms with Crippen LogP contribution in [0, 0.1) is 0 Å². The van der Waals surface area contributed by atoms with E-state index in [4.69, 9.17) is 9.15 Å². The van der Waals surface area contributed by atoms with Crippen molar-refractivity contribution in [3.63, 3.8) is 0 Å². The molecule has 1 aromatic heterocycles. The fourth-order valence-electron chi connectivity index (χ4n) is 2.98. The van der Waals surface area contributed by atoms with E-state index in [1.165, 1.54) is 18.4 Å². The summed E-state index contributed by atoms with van der Waals surface area (Å²) in [6.45, 7) is 2.55. The zero-order valence-corrected chi connectivity index (χ0v) is 15.8. The topological polar surface area (TPSA) is 93.0 Å². The third-order valence-electron chi connectivity index (χ3n) is 4.37. The molecule has 1 fully saturated rings. The number of amides is 2. The Bertz CT molecular complexity index is 834. The van der Waals surface area contributed by atoms with E-state index >= 15 is 0 Å². The minimum Gasteiger partial charge on any atom is -0.468 e. The van der Waals surface area contributed by atoms with Gasteiger partial charge in [0.25, 0.3) is 0 Å². The minimum atomic E-state index is -4.81. The van der Waals surface area contributed by atoms with Crippen LogP contribution in [0.4, 0.5) is 18.9 Å². The summed E-state index contributed by atoms with van der Waals surface area (Å²) in [6, 6.07) is 7.73. The monoisotopic (exact) mass is 427 g/mol. The van der Waals surface area contributed by atoms with Crippen LogP contribution < -0.4 is 15.4 Å². The van der Waals surface area contributed by atoms with Crippen LogP contribution in [-0.2, 0) is 14.3 Å². The third-order valence-corrected chi connectivity index (χ3v) is 4.37. The Morgan fingerprint density at radius 1 is 1.10 bits per heavy atom. The van der Waals surface area contributed by atoms with Gasteiger partial charge in [0, 0.05) is 25.3 Å². The number of hydrogen-bond acceptors (Lipinski definition) is 6. The molecule has 1 aromatic carbocycles. The second kappa shape index (κ2) is 9.63. The van der Waals surface area contributed by atoms with Crippen LogP contribution in [0.1, 0.15) is 11.8 Å². The number of morpholine rings is 1. The van der Waals surface area contributed by atoms with E-state index in [0.717, 1.165) is 12.1 Å². The van der Waals surface area contributed by atoms with E-state index in [2.05, 4.69) is 20.3 Å². The molecule has 0 bridgehead atoms. The molecule has 0 spiro atoms. The van der Waals surface area contributed by atoms with Crippen molar-refractivity contribution in [3.05, 3.63) is 48.4 Å². The van der Waals surface area contributed by atoms with Gasteiger partial charge in [-0.05, 0) is 36.4 Å². The molecule has 0 radical (unpaired) electrons. The Kier molecular flexibility index (Phi) is 6.95. The molecule has 2 aromatic rings. The van der Waals surface area contributed by atoms with Crippen molar-refractivity contribution in [2.45, 2.75) is 12.4 Å². The number of nitrogens with zero attached hydrogens (tertiary/aromatic N) is 1. The molecule has 1 atom stereocenters. The summed E-state index contributed by atoms with van der Waals surface area (Å²) in [5, 5.41) is 4.89. The smallest absolute Gasteiger partial charge is 0.468 e. The Morgan fingerprint density at radius 3 is 2.40 bits per heavy atom. The molecule has 2 N–H and O–H groups in total. The summed E-state index contributed by atoms with van der Waals surface area (Å²) < 4.78 is 51.1. The summed E-state index contributed by atoms with van der Waals surface area (Å²) in [7, 11) is 0. The van der Waals surface area contributed by atoms with Gasteiger partial charge in [0.2, 0.25) is 0 Å². The van der Waals surface area contributed by atoms with Crippen molar-refractivity contribution in [2.75, 3.05) is 38.2 Å². The van der Waals surface area contributed by atoms with Crippen LogP contribution in [0.15, 0.2) is 47.1 Å². The van der Waals surface area contributed by atoms with E-state index in [1.54, 1.807) is 12.1 Å². The van der Waals surface area contributed by atoms with Crippen LogP contribution in [0.25, 0.3) is 0 Å². The highest BCUT2D eigenvalue weighted by molar-refractivity contribution is 6.39. The van der Waals surface area contributed by atoms with E-state index < -0.39 is 23.9 Å². The van der Waals surface area contributed by atoms with Gasteiger partial charge >= 0.3 is 18.2 Å². The van der Waals surface area contributed by atoms with Gasteiger partial charge < -0.3 is 24.5 Å². The van der Waals surface area contributed by atoms with Gasteiger partial charge in [-0.3, -0.25) is 14.5 Å². The molecule has 0 aliphatic carbocycles. The van der Waals surface area contributed by atoms with E-state index in [9.17, 15) is 22.8 Å². The molecule has 1 unspecified atom stereocenters. The molecule has 1 aliphatic heterocycles. The predicted molar refractivity (Wildman–Crippen MR) is 98.6 cm³/mol. The average molecular weight is 427 g/mol. The number of furan rings is 1. The van der Waals surface area contributed by atoms with Crippen molar-refractivity contribution in [3.8, 4) is 5.75 Å². The minimum absolute atomic E-state index is 0.137. The van der Waals surface area contributed by atoms with Crippen LogP contribution in [-0.4, -0.2) is 55.9 Å². The molecule has 8 nitrogen and oxygen atoms in total. The number of halogens is 3. The van der Waals surface area contributed by atoms with Gasteiger partial charge in [-0.15, -0.1) is 13.2 Å². The summed E-state index contributed by atoms with van der Waals surface area (Å²) in [5.74, 6) is -1.61. The lowest BCUT2D eigenvalue weighted by atomic mass is 10.1. The maximum Gasteiger partial charge on any atom is 0.573 e. The molecule has 1 saturated heterocycles. The van der Waals surface area contributed by atoms with Crippen molar-refractivity contribution >= 4 is 17.5 Å².